The third-order valence-electron chi connectivity index (χ3n) is 2.27. The molecule has 0 heterocycles. The number of anilines is 1. The summed E-state index contributed by atoms with van der Waals surface area (Å²) in [6, 6.07) is 4.80. The molecule has 0 aliphatic rings. The first kappa shape index (κ1) is 13.7. The first-order chi connectivity index (χ1) is 7.75. The summed E-state index contributed by atoms with van der Waals surface area (Å²) in [7, 11) is -0.540. The molecule has 0 aliphatic heterocycles. The van der Waals surface area contributed by atoms with E-state index in [-0.39, 0.29) is 10.8 Å². The van der Waals surface area contributed by atoms with Crippen molar-refractivity contribution in [1.82, 2.24) is 4.31 Å². The van der Waals surface area contributed by atoms with Gasteiger partial charge in [-0.3, -0.25) is 4.79 Å². The topological polar surface area (TPSA) is 66.5 Å². The monoisotopic (exact) mass is 256 g/mol. The molecule has 94 valence electrons. The van der Waals surface area contributed by atoms with E-state index in [0.717, 1.165) is 4.31 Å². The number of nitrogens with one attached hydrogen (secondary N) is 1. The fourth-order valence-electron chi connectivity index (χ4n) is 1.36. The van der Waals surface area contributed by atoms with Crippen LogP contribution in [0.3, 0.4) is 0 Å². The van der Waals surface area contributed by atoms with Crippen molar-refractivity contribution in [2.45, 2.75) is 18.7 Å². The van der Waals surface area contributed by atoms with Gasteiger partial charge in [0.2, 0.25) is 15.9 Å². The number of aryl methyl sites for hydroxylation is 1. The number of carbonyl (C=O) groups excluding carboxylic acids is 1. The molecule has 0 aliphatic carbocycles. The summed E-state index contributed by atoms with van der Waals surface area (Å²) in [6.45, 7) is 3.09. The number of amides is 1. The largest absolute Gasteiger partial charge is 0.326 e. The van der Waals surface area contributed by atoms with Gasteiger partial charge in [-0.25, -0.2) is 12.7 Å². The molecule has 1 rings (SSSR count). The summed E-state index contributed by atoms with van der Waals surface area (Å²) in [5.41, 5.74) is 1.12. The number of nitrogens with zero attached hydrogens (tertiary/aromatic N) is 1. The lowest BCUT2D eigenvalue weighted by molar-refractivity contribution is -0.114. The van der Waals surface area contributed by atoms with Gasteiger partial charge in [0, 0.05) is 26.7 Å². The van der Waals surface area contributed by atoms with Crippen LogP contribution >= 0.6 is 0 Å². The lowest BCUT2D eigenvalue weighted by atomic mass is 10.2. The molecule has 6 heteroatoms. The molecule has 0 saturated carbocycles. The Hall–Kier alpha value is -1.40. The summed E-state index contributed by atoms with van der Waals surface area (Å²) in [6.07, 6.45) is 0. The van der Waals surface area contributed by atoms with Crippen molar-refractivity contribution in [3.63, 3.8) is 0 Å². The van der Waals surface area contributed by atoms with Crippen molar-refractivity contribution in [2.75, 3.05) is 19.4 Å². The number of carbonyl (C=O) groups is 1. The van der Waals surface area contributed by atoms with Gasteiger partial charge in [-0.1, -0.05) is 6.07 Å². The van der Waals surface area contributed by atoms with Crippen LogP contribution in [0, 0.1) is 6.92 Å². The van der Waals surface area contributed by atoms with Gasteiger partial charge in [-0.05, 0) is 24.6 Å². The molecule has 17 heavy (non-hydrogen) atoms. The SMILES string of the molecule is CC(=O)Nc1ccc(C)c(S(=O)(=O)N(C)C)c1. The Labute approximate surface area is 101 Å². The quantitative estimate of drug-likeness (QED) is 0.883. The van der Waals surface area contributed by atoms with Crippen molar-refractivity contribution in [3.8, 4) is 0 Å². The summed E-state index contributed by atoms with van der Waals surface area (Å²) in [5.74, 6) is -0.234. The highest BCUT2D eigenvalue weighted by Gasteiger charge is 2.20. The molecule has 0 unspecified atom stereocenters. The normalized spacial score (nSPS) is 11.6. The third kappa shape index (κ3) is 3.04. The van der Waals surface area contributed by atoms with E-state index in [0.29, 0.717) is 11.3 Å². The first-order valence-corrected chi connectivity index (χ1v) is 6.50. The maximum Gasteiger partial charge on any atom is 0.242 e. The van der Waals surface area contributed by atoms with Crippen molar-refractivity contribution in [3.05, 3.63) is 23.8 Å². The maximum absolute atomic E-state index is 12.0. The standard InChI is InChI=1S/C11H16N2O3S/c1-8-5-6-10(12-9(2)14)7-11(8)17(15,16)13(3)4/h5-7H,1-4H3,(H,12,14). The van der Waals surface area contributed by atoms with Gasteiger partial charge in [-0.2, -0.15) is 0 Å². The molecular formula is C11H16N2O3S. The highest BCUT2D eigenvalue weighted by molar-refractivity contribution is 7.89. The minimum Gasteiger partial charge on any atom is -0.326 e. The Morgan fingerprint density at radius 2 is 1.88 bits per heavy atom. The van der Waals surface area contributed by atoms with Crippen LogP contribution in [0.4, 0.5) is 5.69 Å². The van der Waals surface area contributed by atoms with Gasteiger partial charge >= 0.3 is 0 Å². The molecular weight excluding hydrogens is 240 g/mol. The van der Waals surface area contributed by atoms with E-state index in [1.54, 1.807) is 19.1 Å². The Balaban J connectivity index is 3.29. The van der Waals surface area contributed by atoms with E-state index >= 15 is 0 Å². The predicted molar refractivity (Wildman–Crippen MR) is 66.4 cm³/mol. The predicted octanol–water partition coefficient (Wildman–Crippen LogP) is 1.20. The van der Waals surface area contributed by atoms with E-state index < -0.39 is 10.0 Å². The Bertz CT molecular complexity index is 536. The highest BCUT2D eigenvalue weighted by atomic mass is 32.2. The fraction of sp³-hybridized carbons (Fsp3) is 0.364. The van der Waals surface area contributed by atoms with Gasteiger partial charge in [0.15, 0.2) is 0 Å². The van der Waals surface area contributed by atoms with Gasteiger partial charge in [0.05, 0.1) is 4.90 Å². The van der Waals surface area contributed by atoms with Crippen LogP contribution in [0.5, 0.6) is 0 Å². The van der Waals surface area contributed by atoms with Crippen molar-refractivity contribution in [2.24, 2.45) is 0 Å². The van der Waals surface area contributed by atoms with E-state index in [1.807, 2.05) is 0 Å². The minimum atomic E-state index is -3.48. The molecule has 0 saturated heterocycles. The van der Waals surface area contributed by atoms with Crippen LogP contribution in [0.15, 0.2) is 23.1 Å². The van der Waals surface area contributed by atoms with Crippen molar-refractivity contribution < 1.29 is 13.2 Å². The van der Waals surface area contributed by atoms with Crippen LogP contribution in [-0.2, 0) is 14.8 Å². The van der Waals surface area contributed by atoms with E-state index in [2.05, 4.69) is 5.32 Å². The zero-order chi connectivity index (χ0) is 13.2. The molecule has 0 fully saturated rings. The first-order valence-electron chi connectivity index (χ1n) is 5.06. The van der Waals surface area contributed by atoms with Crippen LogP contribution in [0.25, 0.3) is 0 Å². The van der Waals surface area contributed by atoms with Crippen LogP contribution in [-0.4, -0.2) is 32.7 Å². The summed E-state index contributed by atoms with van der Waals surface area (Å²) in [5, 5.41) is 2.56. The van der Waals surface area contributed by atoms with Crippen LogP contribution in [0.1, 0.15) is 12.5 Å². The molecule has 0 spiro atoms. The van der Waals surface area contributed by atoms with Crippen molar-refractivity contribution >= 4 is 21.6 Å². The second-order valence-corrected chi connectivity index (χ2v) is 6.07. The summed E-state index contributed by atoms with van der Waals surface area (Å²) in [4.78, 5) is 11.1. The average Bonchev–Trinajstić information content (AvgIpc) is 2.19. The summed E-state index contributed by atoms with van der Waals surface area (Å²) < 4.78 is 25.2. The van der Waals surface area contributed by atoms with E-state index in [9.17, 15) is 13.2 Å². The lowest BCUT2D eigenvalue weighted by Gasteiger charge is -2.14. The zero-order valence-electron chi connectivity index (χ0n) is 10.3. The number of hydrogen-bond acceptors (Lipinski definition) is 3. The molecule has 1 amide bonds. The molecule has 0 atom stereocenters. The lowest BCUT2D eigenvalue weighted by Crippen LogP contribution is -2.23. The van der Waals surface area contributed by atoms with E-state index in [4.69, 9.17) is 0 Å². The number of hydrogen-bond donors (Lipinski definition) is 1. The second-order valence-electron chi connectivity index (χ2n) is 3.95. The fourth-order valence-corrected chi connectivity index (χ4v) is 2.50. The molecule has 0 bridgehead atoms. The van der Waals surface area contributed by atoms with Gasteiger partial charge < -0.3 is 5.32 Å². The number of benzene rings is 1. The van der Waals surface area contributed by atoms with Crippen molar-refractivity contribution in [1.29, 1.82) is 0 Å². The molecule has 1 aromatic rings. The average molecular weight is 256 g/mol. The smallest absolute Gasteiger partial charge is 0.242 e. The van der Waals surface area contributed by atoms with Gasteiger partial charge in [0.25, 0.3) is 0 Å². The summed E-state index contributed by atoms with van der Waals surface area (Å²) >= 11 is 0. The number of sulfonamides is 1. The highest BCUT2D eigenvalue weighted by Crippen LogP contribution is 2.22. The maximum atomic E-state index is 12.0. The van der Waals surface area contributed by atoms with Gasteiger partial charge in [0.1, 0.15) is 0 Å². The Morgan fingerprint density at radius 3 is 2.35 bits per heavy atom. The zero-order valence-corrected chi connectivity index (χ0v) is 11.1. The number of rotatable bonds is 3. The third-order valence-corrected chi connectivity index (χ3v) is 4.22. The molecule has 1 N–H and O–H groups in total. The second kappa shape index (κ2) is 4.85. The van der Waals surface area contributed by atoms with Crippen LogP contribution in [0.2, 0.25) is 0 Å². The molecule has 1 aromatic carbocycles. The Kier molecular flexibility index (Phi) is 3.90. The van der Waals surface area contributed by atoms with E-state index in [1.165, 1.54) is 27.1 Å². The molecule has 0 aromatic heterocycles. The minimum absolute atomic E-state index is 0.203. The molecule has 5 nitrogen and oxygen atoms in total. The van der Waals surface area contributed by atoms with Crippen LogP contribution < -0.4 is 5.32 Å². The Morgan fingerprint density at radius 1 is 1.29 bits per heavy atom. The molecule has 0 radical (unpaired) electrons. The van der Waals surface area contributed by atoms with Gasteiger partial charge in [-0.15, -0.1) is 0 Å².